The summed E-state index contributed by atoms with van der Waals surface area (Å²) in [6.07, 6.45) is 3.94. The van der Waals surface area contributed by atoms with Crippen LogP contribution in [-0.4, -0.2) is 30.3 Å². The molecule has 1 saturated heterocycles. The van der Waals surface area contributed by atoms with E-state index in [2.05, 4.69) is 53.1 Å². The minimum absolute atomic E-state index is 0.0697. The highest BCUT2D eigenvalue weighted by Gasteiger charge is 2.17. The number of nitrogens with zero attached hydrogens (tertiary/aromatic N) is 1. The number of aromatic nitrogens is 1. The molecule has 2 heterocycles. The van der Waals surface area contributed by atoms with Gasteiger partial charge in [0.15, 0.2) is 0 Å². The lowest BCUT2D eigenvalue weighted by Gasteiger charge is -2.24. The molecule has 2 rings (SSSR count). The molecule has 4 nitrogen and oxygen atoms in total. The van der Waals surface area contributed by atoms with Crippen LogP contribution in [0, 0.1) is 5.92 Å². The lowest BCUT2D eigenvalue weighted by Crippen LogP contribution is -2.35. The lowest BCUT2D eigenvalue weighted by molar-refractivity contribution is 0.0488. The van der Waals surface area contributed by atoms with Crippen LogP contribution in [0.2, 0.25) is 0 Å². The van der Waals surface area contributed by atoms with Crippen molar-refractivity contribution in [3.05, 3.63) is 22.3 Å². The topological polar surface area (TPSA) is 43.4 Å². The summed E-state index contributed by atoms with van der Waals surface area (Å²) in [6.45, 7) is 9.63. The maximum atomic E-state index is 5.97. The summed E-state index contributed by atoms with van der Waals surface area (Å²) in [4.78, 5) is 4.42. The van der Waals surface area contributed by atoms with Crippen LogP contribution in [0.1, 0.15) is 39.2 Å². The first-order valence-corrected chi connectivity index (χ1v) is 8.33. The second-order valence-electron chi connectivity index (χ2n) is 6.59. The van der Waals surface area contributed by atoms with Crippen molar-refractivity contribution in [2.24, 2.45) is 5.92 Å². The Kier molecular flexibility index (Phi) is 6.02. The van der Waals surface area contributed by atoms with Crippen LogP contribution in [0.15, 0.2) is 16.7 Å². The molecular weight excluding hydrogens is 332 g/mol. The molecule has 1 aromatic heterocycles. The average molecular weight is 357 g/mol. The fraction of sp³-hybridized carbons (Fsp3) is 0.688. The largest absolute Gasteiger partial charge is 0.477 e. The van der Waals surface area contributed by atoms with Gasteiger partial charge in [0.1, 0.15) is 0 Å². The highest BCUT2D eigenvalue weighted by atomic mass is 79.9. The van der Waals surface area contributed by atoms with Crippen molar-refractivity contribution in [1.29, 1.82) is 0 Å². The maximum Gasteiger partial charge on any atom is 0.217 e. The molecule has 1 fully saturated rings. The molecule has 1 aliphatic heterocycles. The van der Waals surface area contributed by atoms with Gasteiger partial charge in [0.25, 0.3) is 0 Å². The monoisotopic (exact) mass is 356 g/mol. The molecule has 0 amide bonds. The zero-order valence-electron chi connectivity index (χ0n) is 13.1. The average Bonchev–Trinajstić information content (AvgIpc) is 2.44. The van der Waals surface area contributed by atoms with Crippen LogP contribution < -0.4 is 10.1 Å². The number of nitrogens with one attached hydrogen (secondary N) is 1. The molecule has 0 unspecified atom stereocenters. The van der Waals surface area contributed by atoms with E-state index < -0.39 is 0 Å². The Balaban J connectivity index is 1.96. The molecule has 0 aliphatic carbocycles. The molecule has 0 spiro atoms. The van der Waals surface area contributed by atoms with Crippen molar-refractivity contribution in [1.82, 2.24) is 10.3 Å². The highest BCUT2D eigenvalue weighted by Crippen LogP contribution is 2.23. The Bertz CT molecular complexity index is 454. The summed E-state index contributed by atoms with van der Waals surface area (Å²) in [5, 5.41) is 3.48. The molecule has 0 saturated carbocycles. The molecule has 118 valence electrons. The van der Waals surface area contributed by atoms with Gasteiger partial charge in [-0.3, -0.25) is 0 Å². The zero-order valence-corrected chi connectivity index (χ0v) is 14.7. The van der Waals surface area contributed by atoms with E-state index in [1.165, 1.54) is 0 Å². The predicted octanol–water partition coefficient (Wildman–Crippen LogP) is 3.54. The second kappa shape index (κ2) is 7.56. The molecule has 21 heavy (non-hydrogen) atoms. The van der Waals surface area contributed by atoms with E-state index in [-0.39, 0.29) is 5.54 Å². The molecule has 0 aromatic carbocycles. The Morgan fingerprint density at radius 1 is 1.38 bits per heavy atom. The van der Waals surface area contributed by atoms with Crippen LogP contribution in [-0.2, 0) is 11.3 Å². The first kappa shape index (κ1) is 16.7. The standard InChI is InChI=1S/C16H25BrN2O2/c1-16(2,3)19-9-13-8-14(17)10-18-15(13)21-11-12-4-6-20-7-5-12/h8,10,12,19H,4-7,9,11H2,1-3H3. The van der Waals surface area contributed by atoms with E-state index in [4.69, 9.17) is 9.47 Å². The summed E-state index contributed by atoms with van der Waals surface area (Å²) in [7, 11) is 0. The number of rotatable bonds is 5. The van der Waals surface area contributed by atoms with Gasteiger partial charge in [-0.15, -0.1) is 0 Å². The Morgan fingerprint density at radius 2 is 2.10 bits per heavy atom. The third-order valence-electron chi connectivity index (χ3n) is 3.50. The third-order valence-corrected chi connectivity index (χ3v) is 3.93. The van der Waals surface area contributed by atoms with Gasteiger partial charge in [-0.1, -0.05) is 0 Å². The minimum Gasteiger partial charge on any atom is -0.477 e. The first-order valence-electron chi connectivity index (χ1n) is 7.54. The lowest BCUT2D eigenvalue weighted by atomic mass is 10.0. The van der Waals surface area contributed by atoms with Crippen LogP contribution in [0.5, 0.6) is 5.88 Å². The normalized spacial score (nSPS) is 17.0. The number of hydrogen-bond donors (Lipinski definition) is 1. The fourth-order valence-electron chi connectivity index (χ4n) is 2.20. The molecule has 1 aliphatic rings. The number of halogens is 1. The predicted molar refractivity (Wildman–Crippen MR) is 87.6 cm³/mol. The zero-order chi connectivity index (χ0) is 15.3. The van der Waals surface area contributed by atoms with E-state index in [1.54, 1.807) is 6.20 Å². The maximum absolute atomic E-state index is 5.97. The van der Waals surface area contributed by atoms with Gasteiger partial charge in [0, 0.05) is 41.5 Å². The molecule has 0 atom stereocenters. The van der Waals surface area contributed by atoms with Crippen molar-refractivity contribution in [3.8, 4) is 5.88 Å². The van der Waals surface area contributed by atoms with Crippen LogP contribution in [0.25, 0.3) is 0 Å². The van der Waals surface area contributed by atoms with Crippen molar-refractivity contribution in [2.45, 2.75) is 45.7 Å². The second-order valence-corrected chi connectivity index (χ2v) is 7.50. The smallest absolute Gasteiger partial charge is 0.217 e. The van der Waals surface area contributed by atoms with Gasteiger partial charge in [-0.2, -0.15) is 0 Å². The van der Waals surface area contributed by atoms with Crippen molar-refractivity contribution in [3.63, 3.8) is 0 Å². The first-order chi connectivity index (χ1) is 9.94. The highest BCUT2D eigenvalue weighted by molar-refractivity contribution is 9.10. The molecule has 1 aromatic rings. The third kappa shape index (κ3) is 5.93. The minimum atomic E-state index is 0.0697. The van der Waals surface area contributed by atoms with Gasteiger partial charge in [-0.05, 0) is 61.5 Å². The van der Waals surface area contributed by atoms with Gasteiger partial charge in [0.2, 0.25) is 5.88 Å². The van der Waals surface area contributed by atoms with Gasteiger partial charge in [-0.25, -0.2) is 4.98 Å². The van der Waals surface area contributed by atoms with E-state index in [9.17, 15) is 0 Å². The van der Waals surface area contributed by atoms with Crippen LogP contribution in [0.3, 0.4) is 0 Å². The summed E-state index contributed by atoms with van der Waals surface area (Å²) in [5.74, 6) is 1.31. The Labute approximate surface area is 135 Å². The number of hydrogen-bond acceptors (Lipinski definition) is 4. The molecule has 5 heteroatoms. The summed E-state index contributed by atoms with van der Waals surface area (Å²) in [5.41, 5.74) is 1.16. The molecule has 0 bridgehead atoms. The Morgan fingerprint density at radius 3 is 2.76 bits per heavy atom. The van der Waals surface area contributed by atoms with Crippen LogP contribution >= 0.6 is 15.9 Å². The van der Waals surface area contributed by atoms with Gasteiger partial charge >= 0.3 is 0 Å². The van der Waals surface area contributed by atoms with E-state index in [0.717, 1.165) is 55.1 Å². The SMILES string of the molecule is CC(C)(C)NCc1cc(Br)cnc1OCC1CCOCC1. The van der Waals surface area contributed by atoms with Crippen molar-refractivity contribution >= 4 is 15.9 Å². The summed E-state index contributed by atoms with van der Waals surface area (Å²) < 4.78 is 12.3. The van der Waals surface area contributed by atoms with E-state index >= 15 is 0 Å². The summed E-state index contributed by atoms with van der Waals surface area (Å²) >= 11 is 3.48. The summed E-state index contributed by atoms with van der Waals surface area (Å²) in [6, 6.07) is 2.07. The van der Waals surface area contributed by atoms with Gasteiger partial charge < -0.3 is 14.8 Å². The van der Waals surface area contributed by atoms with E-state index in [1.807, 2.05) is 0 Å². The quantitative estimate of drug-likeness (QED) is 0.876. The van der Waals surface area contributed by atoms with Gasteiger partial charge in [0.05, 0.1) is 6.61 Å². The number of ether oxygens (including phenoxy) is 2. The van der Waals surface area contributed by atoms with Crippen molar-refractivity contribution < 1.29 is 9.47 Å². The van der Waals surface area contributed by atoms with Crippen LogP contribution in [0.4, 0.5) is 0 Å². The van der Waals surface area contributed by atoms with E-state index in [0.29, 0.717) is 5.92 Å². The fourth-order valence-corrected chi connectivity index (χ4v) is 2.57. The van der Waals surface area contributed by atoms with Crippen molar-refractivity contribution in [2.75, 3.05) is 19.8 Å². The molecular formula is C16H25BrN2O2. The number of pyridine rings is 1. The Hall–Kier alpha value is -0.650. The molecule has 0 radical (unpaired) electrons. The molecule has 1 N–H and O–H groups in total.